The number of aromatic nitrogens is 2. The summed E-state index contributed by atoms with van der Waals surface area (Å²) in [5.41, 5.74) is 1.55. The van der Waals surface area contributed by atoms with Crippen molar-refractivity contribution in [3.05, 3.63) is 59.0 Å². The number of carbonyl (C=O) groups is 1. The lowest BCUT2D eigenvalue weighted by Crippen LogP contribution is -2.16. The molecule has 0 aliphatic heterocycles. The van der Waals surface area contributed by atoms with E-state index in [1.54, 1.807) is 40.3 Å². The highest BCUT2D eigenvalue weighted by molar-refractivity contribution is 7.13. The molecule has 0 spiro atoms. The van der Waals surface area contributed by atoms with E-state index in [1.165, 1.54) is 6.07 Å². The number of aliphatic hydroxyl groups excluding tert-OH is 1. The highest BCUT2D eigenvalue weighted by Crippen LogP contribution is 2.26. The Morgan fingerprint density at radius 1 is 1.33 bits per heavy atom. The van der Waals surface area contributed by atoms with Crippen LogP contribution in [0.3, 0.4) is 0 Å². The topological polar surface area (TPSA) is 90.9 Å². The van der Waals surface area contributed by atoms with Crippen molar-refractivity contribution in [3.8, 4) is 16.6 Å². The minimum Gasteiger partial charge on any atom is -0.394 e. The zero-order chi connectivity index (χ0) is 16.9. The van der Waals surface area contributed by atoms with Crippen LogP contribution in [0.2, 0.25) is 0 Å². The molecule has 6 nitrogen and oxygen atoms in total. The fourth-order valence-corrected chi connectivity index (χ4v) is 2.93. The molecule has 0 unspecified atom stereocenters. The van der Waals surface area contributed by atoms with Gasteiger partial charge in [0.15, 0.2) is 0 Å². The van der Waals surface area contributed by atoms with Gasteiger partial charge < -0.3 is 10.4 Å². The van der Waals surface area contributed by atoms with Crippen molar-refractivity contribution in [2.75, 3.05) is 11.9 Å². The van der Waals surface area contributed by atoms with Gasteiger partial charge in [0.05, 0.1) is 29.7 Å². The van der Waals surface area contributed by atoms with E-state index in [-0.39, 0.29) is 19.1 Å². The van der Waals surface area contributed by atoms with Crippen LogP contribution in [0.15, 0.2) is 47.8 Å². The molecule has 3 aromatic rings. The van der Waals surface area contributed by atoms with E-state index in [1.807, 2.05) is 23.6 Å². The summed E-state index contributed by atoms with van der Waals surface area (Å²) in [6.45, 7) is 0.192. The summed E-state index contributed by atoms with van der Waals surface area (Å²) >= 11 is 1.55. The van der Waals surface area contributed by atoms with Crippen LogP contribution in [0, 0.1) is 11.3 Å². The Hall–Kier alpha value is -2.95. The second-order valence-electron chi connectivity index (χ2n) is 4.99. The summed E-state index contributed by atoms with van der Waals surface area (Å²) in [6.07, 6.45) is 0. The third-order valence-corrected chi connectivity index (χ3v) is 4.25. The van der Waals surface area contributed by atoms with Crippen LogP contribution in [0.5, 0.6) is 0 Å². The van der Waals surface area contributed by atoms with Crippen molar-refractivity contribution in [3.63, 3.8) is 0 Å². The Labute approximate surface area is 142 Å². The number of nitrogens with zero attached hydrogens (tertiary/aromatic N) is 3. The summed E-state index contributed by atoms with van der Waals surface area (Å²) < 4.78 is 1.56. The Morgan fingerprint density at radius 2 is 2.21 bits per heavy atom. The van der Waals surface area contributed by atoms with E-state index in [9.17, 15) is 9.90 Å². The molecule has 24 heavy (non-hydrogen) atoms. The first-order valence-electron chi connectivity index (χ1n) is 7.25. The van der Waals surface area contributed by atoms with Crippen molar-refractivity contribution in [1.29, 1.82) is 5.26 Å². The zero-order valence-electron chi connectivity index (χ0n) is 12.6. The third kappa shape index (κ3) is 3.35. The van der Waals surface area contributed by atoms with E-state index in [4.69, 9.17) is 5.26 Å². The minimum atomic E-state index is -0.330. The Morgan fingerprint density at radius 3 is 2.92 bits per heavy atom. The predicted octanol–water partition coefficient (Wildman–Crippen LogP) is 2.73. The van der Waals surface area contributed by atoms with Gasteiger partial charge in [-0.2, -0.15) is 10.4 Å². The first-order valence-corrected chi connectivity index (χ1v) is 8.13. The molecule has 3 rings (SSSR count). The molecule has 0 aliphatic rings. The average molecular weight is 338 g/mol. The van der Waals surface area contributed by atoms with E-state index in [0.29, 0.717) is 16.9 Å². The minimum absolute atomic E-state index is 0.0850. The summed E-state index contributed by atoms with van der Waals surface area (Å²) in [7, 11) is 0. The number of amides is 1. The molecule has 0 radical (unpaired) electrons. The second kappa shape index (κ2) is 7.08. The first-order chi connectivity index (χ1) is 11.7. The monoisotopic (exact) mass is 338 g/mol. The van der Waals surface area contributed by atoms with Gasteiger partial charge in [0.2, 0.25) is 0 Å². The van der Waals surface area contributed by atoms with Gasteiger partial charge >= 0.3 is 0 Å². The van der Waals surface area contributed by atoms with E-state index in [0.717, 1.165) is 10.6 Å². The molecule has 0 saturated heterocycles. The molecule has 2 heterocycles. The van der Waals surface area contributed by atoms with Crippen molar-refractivity contribution in [1.82, 2.24) is 9.78 Å². The normalized spacial score (nSPS) is 10.3. The van der Waals surface area contributed by atoms with Gasteiger partial charge in [-0.05, 0) is 29.6 Å². The molecular formula is C17H14N4O2S. The summed E-state index contributed by atoms with van der Waals surface area (Å²) in [5, 5.41) is 27.3. The van der Waals surface area contributed by atoms with E-state index >= 15 is 0 Å². The Bertz CT molecular complexity index is 894. The zero-order valence-corrected chi connectivity index (χ0v) is 13.5. The van der Waals surface area contributed by atoms with Crippen LogP contribution in [-0.2, 0) is 6.54 Å². The highest BCUT2D eigenvalue weighted by Gasteiger charge is 2.14. The summed E-state index contributed by atoms with van der Waals surface area (Å²) in [6, 6.07) is 14.1. The van der Waals surface area contributed by atoms with Crippen LogP contribution >= 0.6 is 11.3 Å². The van der Waals surface area contributed by atoms with Gasteiger partial charge in [0.25, 0.3) is 5.91 Å². The molecule has 120 valence electrons. The number of hydrogen-bond donors (Lipinski definition) is 2. The quantitative estimate of drug-likeness (QED) is 0.748. The molecule has 0 aliphatic carbocycles. The number of benzene rings is 1. The maximum atomic E-state index is 12.4. The van der Waals surface area contributed by atoms with Gasteiger partial charge in [-0.1, -0.05) is 12.1 Å². The summed E-state index contributed by atoms with van der Waals surface area (Å²) in [5.74, 6) is 0.170. The number of nitrogens with one attached hydrogen (secondary N) is 1. The number of thiophene rings is 1. The number of anilines is 1. The molecule has 0 fully saturated rings. The van der Waals surface area contributed by atoms with Crippen molar-refractivity contribution in [2.24, 2.45) is 0 Å². The molecule has 2 N–H and O–H groups in total. The highest BCUT2D eigenvalue weighted by atomic mass is 32.1. The SMILES string of the molecule is N#Cc1cccc(C(=O)Nc2cc(-c3cccs3)nn2CCO)c1. The molecule has 7 heteroatoms. The third-order valence-electron chi connectivity index (χ3n) is 3.36. The van der Waals surface area contributed by atoms with Crippen molar-refractivity contribution >= 4 is 23.1 Å². The summed E-state index contributed by atoms with van der Waals surface area (Å²) in [4.78, 5) is 13.4. The second-order valence-corrected chi connectivity index (χ2v) is 5.93. The van der Waals surface area contributed by atoms with Gasteiger partial charge in [-0.15, -0.1) is 11.3 Å². The molecule has 0 atom stereocenters. The molecule has 0 bridgehead atoms. The number of hydrogen-bond acceptors (Lipinski definition) is 5. The van der Waals surface area contributed by atoms with E-state index in [2.05, 4.69) is 10.4 Å². The average Bonchev–Trinajstić information content (AvgIpc) is 3.25. The lowest BCUT2D eigenvalue weighted by atomic mass is 10.1. The maximum absolute atomic E-state index is 12.4. The van der Waals surface area contributed by atoms with E-state index < -0.39 is 0 Å². The molecule has 2 aromatic heterocycles. The van der Waals surface area contributed by atoms with Crippen LogP contribution in [-0.4, -0.2) is 27.4 Å². The van der Waals surface area contributed by atoms with Crippen LogP contribution in [0.25, 0.3) is 10.6 Å². The molecule has 0 saturated carbocycles. The Kier molecular flexibility index (Phi) is 4.70. The lowest BCUT2D eigenvalue weighted by Gasteiger charge is -2.07. The largest absolute Gasteiger partial charge is 0.394 e. The van der Waals surface area contributed by atoms with Crippen molar-refractivity contribution in [2.45, 2.75) is 6.54 Å². The lowest BCUT2D eigenvalue weighted by molar-refractivity contribution is 0.102. The number of rotatable bonds is 5. The molecule has 1 amide bonds. The molecule has 1 aromatic carbocycles. The fraction of sp³-hybridized carbons (Fsp3) is 0.118. The number of nitriles is 1. The van der Waals surface area contributed by atoms with Gasteiger partial charge in [0.1, 0.15) is 11.5 Å². The van der Waals surface area contributed by atoms with Crippen LogP contribution in [0.1, 0.15) is 15.9 Å². The van der Waals surface area contributed by atoms with Crippen LogP contribution in [0.4, 0.5) is 5.82 Å². The number of aliphatic hydroxyl groups is 1. The predicted molar refractivity (Wildman–Crippen MR) is 91.7 cm³/mol. The maximum Gasteiger partial charge on any atom is 0.256 e. The van der Waals surface area contributed by atoms with Gasteiger partial charge in [-0.3, -0.25) is 4.79 Å². The standard InChI is InChI=1S/C17H14N4O2S/c18-11-12-3-1-4-13(9-12)17(23)19-16-10-14(15-5-2-8-24-15)20-21(16)6-7-22/h1-5,8-10,22H,6-7H2,(H,19,23). The number of carbonyl (C=O) groups excluding carboxylic acids is 1. The first kappa shape index (κ1) is 15.9. The van der Waals surface area contributed by atoms with Gasteiger partial charge in [-0.25, -0.2) is 4.68 Å². The van der Waals surface area contributed by atoms with Crippen molar-refractivity contribution < 1.29 is 9.90 Å². The Balaban J connectivity index is 1.88. The van der Waals surface area contributed by atoms with Gasteiger partial charge in [0, 0.05) is 11.6 Å². The van der Waals surface area contributed by atoms with Crippen LogP contribution < -0.4 is 5.32 Å². The fourth-order valence-electron chi connectivity index (χ4n) is 2.25. The smallest absolute Gasteiger partial charge is 0.256 e. The molecular weight excluding hydrogens is 324 g/mol.